The van der Waals surface area contributed by atoms with Crippen molar-refractivity contribution in [2.75, 3.05) is 36.4 Å². The van der Waals surface area contributed by atoms with E-state index in [2.05, 4.69) is 25.4 Å². The van der Waals surface area contributed by atoms with Gasteiger partial charge in [-0.25, -0.2) is 13.8 Å². The topological polar surface area (TPSA) is 173 Å². The predicted molar refractivity (Wildman–Crippen MR) is 188 cm³/mol. The molecule has 0 bridgehead atoms. The number of halogens is 2. The van der Waals surface area contributed by atoms with Crippen LogP contribution in [0.1, 0.15) is 66.6 Å². The third-order valence-corrected chi connectivity index (χ3v) is 10.8. The van der Waals surface area contributed by atoms with Gasteiger partial charge in [-0.3, -0.25) is 49.2 Å². The number of piperazine rings is 1. The minimum Gasteiger partial charge on any atom is -0.508 e. The zero-order valence-corrected chi connectivity index (χ0v) is 29.2. The zero-order chi connectivity index (χ0) is 37.8. The summed E-state index contributed by atoms with van der Waals surface area (Å²) in [7, 11) is 0. The molecular formula is C37H31F2N7O7S. The van der Waals surface area contributed by atoms with Crippen LogP contribution in [0.15, 0.2) is 60.1 Å². The number of carbonyl (C=O) groups is 6. The van der Waals surface area contributed by atoms with Gasteiger partial charge in [0.05, 0.1) is 11.1 Å². The first-order valence-electron chi connectivity index (χ1n) is 17.1. The maximum Gasteiger partial charge on any atom is 0.265 e. The Kier molecular flexibility index (Phi) is 8.89. The number of imide groups is 2. The summed E-state index contributed by atoms with van der Waals surface area (Å²) in [4.78, 5) is 88.1. The molecule has 2 unspecified atom stereocenters. The number of nitrogens with zero attached hydrogens (tertiary/aromatic N) is 5. The largest absolute Gasteiger partial charge is 0.508 e. The fourth-order valence-electron chi connectivity index (χ4n) is 7.49. The van der Waals surface area contributed by atoms with Crippen LogP contribution in [0.3, 0.4) is 0 Å². The average Bonchev–Trinajstić information content (AvgIpc) is 3.84. The van der Waals surface area contributed by atoms with E-state index < -0.39 is 59.2 Å². The first-order valence-corrected chi connectivity index (χ1v) is 18.0. The van der Waals surface area contributed by atoms with Gasteiger partial charge in [0.2, 0.25) is 11.8 Å². The van der Waals surface area contributed by atoms with Crippen molar-refractivity contribution < 1.29 is 42.7 Å². The first-order chi connectivity index (χ1) is 26.0. The van der Waals surface area contributed by atoms with Crippen LogP contribution in [0.5, 0.6) is 5.75 Å². The number of phenolic OH excluding ortho intramolecular Hbond substituents is 1. The first kappa shape index (κ1) is 35.0. The Hall–Kier alpha value is -6.07. The van der Waals surface area contributed by atoms with Crippen LogP contribution in [0.25, 0.3) is 0 Å². The summed E-state index contributed by atoms with van der Waals surface area (Å²) in [6, 6.07) is 8.82. The van der Waals surface area contributed by atoms with E-state index in [-0.39, 0.29) is 53.5 Å². The van der Waals surface area contributed by atoms with Gasteiger partial charge < -0.3 is 14.9 Å². The molecule has 0 saturated carbocycles. The van der Waals surface area contributed by atoms with Gasteiger partial charge in [-0.1, -0.05) is 6.07 Å². The number of hydrogen-bond donors (Lipinski definition) is 3. The van der Waals surface area contributed by atoms with E-state index in [9.17, 15) is 38.3 Å². The highest BCUT2D eigenvalue weighted by Gasteiger charge is 2.46. The number of anilines is 2. The van der Waals surface area contributed by atoms with Gasteiger partial charge in [0, 0.05) is 74.1 Å². The van der Waals surface area contributed by atoms with Gasteiger partial charge in [-0.2, -0.15) is 0 Å². The van der Waals surface area contributed by atoms with Gasteiger partial charge in [-0.05, 0) is 60.0 Å². The molecule has 54 heavy (non-hydrogen) atoms. The van der Waals surface area contributed by atoms with E-state index in [0.717, 1.165) is 28.8 Å². The molecule has 0 spiro atoms. The van der Waals surface area contributed by atoms with Gasteiger partial charge >= 0.3 is 0 Å². The number of aromatic hydroxyl groups is 1. The lowest BCUT2D eigenvalue weighted by Crippen LogP contribution is -2.54. The van der Waals surface area contributed by atoms with Crippen molar-refractivity contribution in [3.05, 3.63) is 105 Å². The van der Waals surface area contributed by atoms with E-state index in [0.29, 0.717) is 42.9 Å². The number of carbonyl (C=O) groups excluding carboxylic acids is 6. The Bertz CT molecular complexity index is 2260. The Morgan fingerprint density at radius 3 is 2.50 bits per heavy atom. The quantitative estimate of drug-likeness (QED) is 0.227. The molecule has 4 aliphatic heterocycles. The molecule has 14 nitrogen and oxygen atoms in total. The monoisotopic (exact) mass is 755 g/mol. The molecule has 6 amide bonds. The second kappa shape index (κ2) is 13.7. The molecule has 3 aromatic carbocycles. The van der Waals surface area contributed by atoms with Crippen molar-refractivity contribution in [3.8, 4) is 5.75 Å². The maximum atomic E-state index is 15.3. The number of benzene rings is 3. The number of nitrogens with one attached hydrogen (secondary N) is 2. The molecule has 0 aliphatic carbocycles. The molecular weight excluding hydrogens is 725 g/mol. The second-order valence-corrected chi connectivity index (χ2v) is 14.3. The highest BCUT2D eigenvalue weighted by Crippen LogP contribution is 2.38. The highest BCUT2D eigenvalue weighted by atomic mass is 32.1. The Labute approximate surface area is 310 Å². The van der Waals surface area contributed by atoms with Crippen molar-refractivity contribution in [3.63, 3.8) is 0 Å². The van der Waals surface area contributed by atoms with Crippen LogP contribution in [-0.4, -0.2) is 92.5 Å². The molecule has 3 N–H and O–H groups in total. The van der Waals surface area contributed by atoms with Gasteiger partial charge in [0.15, 0.2) is 5.13 Å². The minimum atomic E-state index is -1.35. The molecule has 2 saturated heterocycles. The van der Waals surface area contributed by atoms with Gasteiger partial charge in [-0.15, -0.1) is 11.3 Å². The number of thiazole rings is 1. The number of aromatic nitrogens is 1. The van der Waals surface area contributed by atoms with Crippen molar-refractivity contribution in [1.29, 1.82) is 0 Å². The minimum absolute atomic E-state index is 0.0312. The molecule has 0 radical (unpaired) electrons. The summed E-state index contributed by atoms with van der Waals surface area (Å²) in [5, 5.41) is 17.4. The number of fused-ring (bicyclic) bond motifs is 2. The van der Waals surface area contributed by atoms with Crippen LogP contribution in [0.4, 0.5) is 19.6 Å². The highest BCUT2D eigenvalue weighted by molar-refractivity contribution is 7.13. The molecule has 2 atom stereocenters. The Balaban J connectivity index is 0.947. The van der Waals surface area contributed by atoms with E-state index in [1.54, 1.807) is 17.5 Å². The van der Waals surface area contributed by atoms with E-state index in [1.165, 1.54) is 34.6 Å². The number of phenols is 1. The Morgan fingerprint density at radius 2 is 1.76 bits per heavy atom. The zero-order valence-electron chi connectivity index (χ0n) is 28.4. The summed E-state index contributed by atoms with van der Waals surface area (Å²) in [5.74, 6) is -5.95. The molecule has 5 heterocycles. The predicted octanol–water partition coefficient (Wildman–Crippen LogP) is 3.19. The maximum absolute atomic E-state index is 15.3. The lowest BCUT2D eigenvalue weighted by Gasteiger charge is -2.36. The summed E-state index contributed by atoms with van der Waals surface area (Å²) in [6.45, 7) is 2.51. The molecule has 8 rings (SSSR count). The van der Waals surface area contributed by atoms with Crippen molar-refractivity contribution in [1.82, 2.24) is 25.0 Å². The third-order valence-electron chi connectivity index (χ3n) is 10.1. The normalized spacial score (nSPS) is 19.3. The summed E-state index contributed by atoms with van der Waals surface area (Å²) < 4.78 is 29.7. The molecule has 1 aromatic heterocycles. The SMILES string of the molecule is O=C1CCC(N2C(=O)c3cc(CN4CCN(c5ccc6c(c5)C(=O)N(C(C(=O)Nc5nccs5)c5cc(F)ccc5O)C6)CC4)cc(F)c3C2=O)C(=O)N1. The van der Waals surface area contributed by atoms with E-state index >= 15 is 4.39 Å². The molecule has 2 fully saturated rings. The van der Waals surface area contributed by atoms with Gasteiger partial charge in [0.1, 0.15) is 29.5 Å². The molecule has 4 aliphatic rings. The van der Waals surface area contributed by atoms with Gasteiger partial charge in [0.25, 0.3) is 23.6 Å². The molecule has 17 heteroatoms. The van der Waals surface area contributed by atoms with Crippen LogP contribution >= 0.6 is 11.3 Å². The number of piperidine rings is 1. The number of rotatable bonds is 8. The van der Waals surface area contributed by atoms with E-state index in [1.807, 2.05) is 6.07 Å². The average molecular weight is 756 g/mol. The van der Waals surface area contributed by atoms with Crippen LogP contribution in [0, 0.1) is 11.6 Å². The summed E-state index contributed by atoms with van der Waals surface area (Å²) in [6.07, 6.45) is 1.43. The number of hydrogen-bond acceptors (Lipinski definition) is 11. The molecule has 4 aromatic rings. The lowest BCUT2D eigenvalue weighted by atomic mass is 10.0. The van der Waals surface area contributed by atoms with Crippen LogP contribution in [0.2, 0.25) is 0 Å². The van der Waals surface area contributed by atoms with Crippen LogP contribution < -0.4 is 15.5 Å². The smallest absolute Gasteiger partial charge is 0.265 e. The van der Waals surface area contributed by atoms with Crippen molar-refractivity contribution >= 4 is 57.6 Å². The fraction of sp³-hybridized carbons (Fsp3) is 0.270. The Morgan fingerprint density at radius 1 is 0.963 bits per heavy atom. The van der Waals surface area contributed by atoms with Crippen LogP contribution in [-0.2, 0) is 27.5 Å². The van der Waals surface area contributed by atoms with E-state index in [4.69, 9.17) is 0 Å². The third kappa shape index (κ3) is 6.24. The molecule has 276 valence electrons. The van der Waals surface area contributed by atoms with Crippen molar-refractivity contribution in [2.45, 2.75) is 38.0 Å². The fourth-order valence-corrected chi connectivity index (χ4v) is 8.02. The number of amides is 6. The lowest BCUT2D eigenvalue weighted by molar-refractivity contribution is -0.136. The van der Waals surface area contributed by atoms with Crippen molar-refractivity contribution in [2.24, 2.45) is 0 Å². The summed E-state index contributed by atoms with van der Waals surface area (Å²) >= 11 is 1.17. The standard InChI is InChI=1S/C37H31F2N7O7S/c38-21-2-5-28(47)24(15-21)31(33(50)42-37-40-7-12-54-37)45-18-20-1-3-22(16-23(20)34(45)51)44-10-8-43(9-11-44)17-19-13-25-30(26(39)14-19)36(53)46(35(25)52)27-4-6-29(48)41-32(27)49/h1-3,5,7,12-16,27,31,47H,4,6,8-11,17-18H2,(H,40,42,50)(H,41,48,49). The second-order valence-electron chi connectivity index (χ2n) is 13.4. The summed E-state index contributed by atoms with van der Waals surface area (Å²) in [5.41, 5.74) is 1.71.